The second-order valence-electron chi connectivity index (χ2n) is 5.88. The third-order valence-corrected chi connectivity index (χ3v) is 3.96. The van der Waals surface area contributed by atoms with Crippen molar-refractivity contribution in [3.8, 4) is 0 Å². The van der Waals surface area contributed by atoms with Gasteiger partial charge in [-0.3, -0.25) is 4.79 Å². The van der Waals surface area contributed by atoms with Crippen LogP contribution in [0.1, 0.15) is 66.0 Å². The molecule has 0 aliphatic carbocycles. The number of aliphatic hydroxyl groups excluding tert-OH is 1. The lowest BCUT2D eigenvalue weighted by molar-refractivity contribution is -0.133. The number of amides is 1. The van der Waals surface area contributed by atoms with Crippen molar-refractivity contribution in [1.82, 2.24) is 4.90 Å². The van der Waals surface area contributed by atoms with E-state index in [-0.39, 0.29) is 24.5 Å². The van der Waals surface area contributed by atoms with Crippen molar-refractivity contribution in [3.05, 3.63) is 35.9 Å². The molecule has 0 spiro atoms. The van der Waals surface area contributed by atoms with Crippen LogP contribution in [0.4, 0.5) is 0 Å². The molecule has 1 aromatic carbocycles. The molecule has 3 unspecified atom stereocenters. The van der Waals surface area contributed by atoms with E-state index in [0.29, 0.717) is 12.3 Å². The third kappa shape index (κ3) is 6.34. The van der Waals surface area contributed by atoms with Crippen LogP contribution in [0.5, 0.6) is 0 Å². The Morgan fingerprint density at radius 1 is 1.22 bits per heavy atom. The van der Waals surface area contributed by atoms with Crippen molar-refractivity contribution in [3.63, 3.8) is 0 Å². The number of hydrogen-bond donors (Lipinski definition) is 1. The molecule has 3 heteroatoms. The molecule has 0 aromatic heterocycles. The average Bonchev–Trinajstić information content (AvgIpc) is 2.86. The Morgan fingerprint density at radius 3 is 2.22 bits per heavy atom. The predicted molar refractivity (Wildman–Crippen MR) is 98.2 cm³/mol. The molecule has 0 bridgehead atoms. The van der Waals surface area contributed by atoms with Crippen molar-refractivity contribution in [2.75, 3.05) is 13.2 Å². The van der Waals surface area contributed by atoms with Gasteiger partial charge in [-0.25, -0.2) is 0 Å². The zero-order chi connectivity index (χ0) is 17.8. The first-order valence-corrected chi connectivity index (χ1v) is 9.03. The van der Waals surface area contributed by atoms with E-state index in [2.05, 4.69) is 39.8 Å². The summed E-state index contributed by atoms with van der Waals surface area (Å²) in [6.45, 7) is 13.3. The van der Waals surface area contributed by atoms with Gasteiger partial charge >= 0.3 is 0 Å². The molecule has 1 N–H and O–H groups in total. The molecule has 1 aliphatic rings. The van der Waals surface area contributed by atoms with Crippen molar-refractivity contribution in [2.45, 2.75) is 60.4 Å². The van der Waals surface area contributed by atoms with Gasteiger partial charge in [0.2, 0.25) is 5.91 Å². The minimum atomic E-state index is -0.0128. The molecule has 3 atom stereocenters. The molecule has 3 nitrogen and oxygen atoms in total. The van der Waals surface area contributed by atoms with Gasteiger partial charge in [-0.05, 0) is 24.8 Å². The minimum absolute atomic E-state index is 0.0128. The largest absolute Gasteiger partial charge is 0.396 e. The molecule has 1 aliphatic heterocycles. The Labute approximate surface area is 142 Å². The van der Waals surface area contributed by atoms with E-state index >= 15 is 0 Å². The second-order valence-corrected chi connectivity index (χ2v) is 5.88. The maximum Gasteiger partial charge on any atom is 0.226 e. The zero-order valence-corrected chi connectivity index (χ0v) is 15.7. The van der Waals surface area contributed by atoms with Gasteiger partial charge in [0.1, 0.15) is 0 Å². The Balaban J connectivity index is 0.000000868. The van der Waals surface area contributed by atoms with Crippen LogP contribution in [-0.2, 0) is 4.79 Å². The predicted octanol–water partition coefficient (Wildman–Crippen LogP) is 4.67. The fourth-order valence-electron chi connectivity index (χ4n) is 2.79. The lowest BCUT2D eigenvalue weighted by Crippen LogP contribution is -2.30. The SMILES string of the molecule is CC.CC1CN(C(C)c2ccccc2)C(=O)C1CCO.CCC. The summed E-state index contributed by atoms with van der Waals surface area (Å²) in [5.74, 6) is 0.505. The number of likely N-dealkylation sites (tertiary alicyclic amines) is 1. The maximum atomic E-state index is 12.3. The normalized spacial score (nSPS) is 21.0. The van der Waals surface area contributed by atoms with Crippen LogP contribution in [0.15, 0.2) is 30.3 Å². The fourth-order valence-corrected chi connectivity index (χ4v) is 2.79. The Morgan fingerprint density at radius 2 is 1.74 bits per heavy atom. The second kappa shape index (κ2) is 12.1. The van der Waals surface area contributed by atoms with Crippen LogP contribution in [0.3, 0.4) is 0 Å². The van der Waals surface area contributed by atoms with Gasteiger partial charge in [-0.1, -0.05) is 71.4 Å². The summed E-state index contributed by atoms with van der Waals surface area (Å²) in [7, 11) is 0. The van der Waals surface area contributed by atoms with Crippen molar-refractivity contribution in [2.24, 2.45) is 11.8 Å². The lowest BCUT2D eigenvalue weighted by Gasteiger charge is -2.25. The number of hydrogen-bond acceptors (Lipinski definition) is 2. The van der Waals surface area contributed by atoms with E-state index in [1.165, 1.54) is 12.0 Å². The maximum absolute atomic E-state index is 12.3. The molecule has 1 saturated heterocycles. The van der Waals surface area contributed by atoms with Crippen LogP contribution in [0.2, 0.25) is 0 Å². The molecule has 1 heterocycles. The molecule has 0 radical (unpaired) electrons. The molecule has 1 fully saturated rings. The molecule has 132 valence electrons. The molecular formula is C20H35NO2. The number of carbonyl (C=O) groups excluding carboxylic acids is 1. The van der Waals surface area contributed by atoms with E-state index in [1.54, 1.807) is 0 Å². The monoisotopic (exact) mass is 321 g/mol. The third-order valence-electron chi connectivity index (χ3n) is 3.96. The highest BCUT2D eigenvalue weighted by atomic mass is 16.3. The van der Waals surface area contributed by atoms with Gasteiger partial charge in [0.15, 0.2) is 0 Å². The Hall–Kier alpha value is -1.35. The van der Waals surface area contributed by atoms with Crippen LogP contribution in [0, 0.1) is 11.8 Å². The number of nitrogens with zero attached hydrogens (tertiary/aromatic N) is 1. The summed E-state index contributed by atoms with van der Waals surface area (Å²) >= 11 is 0. The van der Waals surface area contributed by atoms with E-state index in [1.807, 2.05) is 36.9 Å². The Bertz CT molecular complexity index is 419. The van der Waals surface area contributed by atoms with Gasteiger partial charge in [0.25, 0.3) is 0 Å². The van der Waals surface area contributed by atoms with Crippen LogP contribution in [0.25, 0.3) is 0 Å². The van der Waals surface area contributed by atoms with Crippen molar-refractivity contribution < 1.29 is 9.90 Å². The fraction of sp³-hybridized carbons (Fsp3) is 0.650. The van der Waals surface area contributed by atoms with Gasteiger partial charge in [0.05, 0.1) is 6.04 Å². The minimum Gasteiger partial charge on any atom is -0.396 e. The van der Waals surface area contributed by atoms with Gasteiger partial charge in [-0.15, -0.1) is 0 Å². The summed E-state index contributed by atoms with van der Waals surface area (Å²) in [6.07, 6.45) is 1.83. The first kappa shape index (κ1) is 21.6. The highest BCUT2D eigenvalue weighted by Crippen LogP contribution is 2.33. The first-order valence-electron chi connectivity index (χ1n) is 9.03. The quantitative estimate of drug-likeness (QED) is 0.875. The summed E-state index contributed by atoms with van der Waals surface area (Å²) in [6, 6.07) is 10.2. The lowest BCUT2D eigenvalue weighted by atomic mass is 9.95. The van der Waals surface area contributed by atoms with E-state index < -0.39 is 0 Å². The van der Waals surface area contributed by atoms with Gasteiger partial charge < -0.3 is 10.0 Å². The summed E-state index contributed by atoms with van der Waals surface area (Å²) in [5, 5.41) is 9.03. The topological polar surface area (TPSA) is 40.5 Å². The van der Waals surface area contributed by atoms with E-state index in [0.717, 1.165) is 6.54 Å². The van der Waals surface area contributed by atoms with Crippen LogP contribution >= 0.6 is 0 Å². The number of benzene rings is 1. The molecule has 1 amide bonds. The zero-order valence-electron chi connectivity index (χ0n) is 15.7. The van der Waals surface area contributed by atoms with E-state index in [9.17, 15) is 4.79 Å². The molecule has 2 rings (SSSR count). The number of carbonyl (C=O) groups is 1. The van der Waals surface area contributed by atoms with E-state index in [4.69, 9.17) is 5.11 Å². The highest BCUT2D eigenvalue weighted by Gasteiger charge is 2.39. The van der Waals surface area contributed by atoms with Crippen LogP contribution in [-0.4, -0.2) is 29.1 Å². The number of aliphatic hydroxyl groups is 1. The van der Waals surface area contributed by atoms with Crippen LogP contribution < -0.4 is 0 Å². The Kier molecular flexibility index (Phi) is 11.4. The molecular weight excluding hydrogens is 286 g/mol. The number of rotatable bonds is 4. The average molecular weight is 322 g/mol. The smallest absolute Gasteiger partial charge is 0.226 e. The molecule has 23 heavy (non-hydrogen) atoms. The standard InChI is InChI=1S/C15H21NO2.C3H8.C2H6/c1-11-10-16(15(18)14(11)8-9-17)12(2)13-6-4-3-5-7-13;1-3-2;1-2/h3-7,11-12,14,17H,8-10H2,1-2H3;3H2,1-2H3;1-2H3. The highest BCUT2D eigenvalue weighted by molar-refractivity contribution is 5.81. The van der Waals surface area contributed by atoms with Gasteiger partial charge in [0, 0.05) is 19.1 Å². The summed E-state index contributed by atoms with van der Waals surface area (Å²) < 4.78 is 0. The molecule has 0 saturated carbocycles. The van der Waals surface area contributed by atoms with Crippen molar-refractivity contribution >= 4 is 5.91 Å². The molecule has 1 aromatic rings. The first-order chi connectivity index (χ1) is 11.1. The van der Waals surface area contributed by atoms with Gasteiger partial charge in [-0.2, -0.15) is 0 Å². The summed E-state index contributed by atoms with van der Waals surface area (Å²) in [5.41, 5.74) is 1.17. The van der Waals surface area contributed by atoms with Crippen molar-refractivity contribution in [1.29, 1.82) is 0 Å². The summed E-state index contributed by atoms with van der Waals surface area (Å²) in [4.78, 5) is 14.3.